The molecule has 3 aliphatic rings. The van der Waals surface area contributed by atoms with Gasteiger partial charge in [0.25, 0.3) is 5.91 Å². The Morgan fingerprint density at radius 2 is 1.20 bits per heavy atom. The Kier molecular flexibility index (Phi) is 27.8. The quantitative estimate of drug-likeness (QED) is 0.0792. The van der Waals surface area contributed by atoms with Crippen LogP contribution in [0.25, 0.3) is 0 Å². The third kappa shape index (κ3) is 23.1. The smallest absolute Gasteiger partial charge is 0.296 e. The summed E-state index contributed by atoms with van der Waals surface area (Å²) in [6.45, 7) is 37.7. The van der Waals surface area contributed by atoms with Gasteiger partial charge in [-0.25, -0.2) is 0 Å². The Balaban J connectivity index is 0. The van der Waals surface area contributed by atoms with Crippen LogP contribution in [-0.4, -0.2) is 40.9 Å². The fourth-order valence-corrected chi connectivity index (χ4v) is 10.2. The van der Waals surface area contributed by atoms with E-state index in [2.05, 4.69) is 144 Å². The predicted octanol–water partition coefficient (Wildman–Crippen LogP) is 17.5. The first-order valence-corrected chi connectivity index (χ1v) is 29.7. The van der Waals surface area contributed by atoms with Crippen LogP contribution in [0.5, 0.6) is 0 Å². The monoisotopic (exact) mass is 1080 g/mol. The maximum atomic E-state index is 13.1. The number of carbonyl (C=O) groups excluding carboxylic acids is 6. The van der Waals surface area contributed by atoms with Crippen molar-refractivity contribution in [1.29, 1.82) is 0 Å². The fourth-order valence-electron chi connectivity index (χ4n) is 10.2. The standard InChI is InChI=1S/C40H46O2.C14H23NO2.C10H15O.C8H16O.4H2/c1-28-9-7-13-37(28)39(41)26-22-32-17-15-31(16-18-32)19-25-36(35-11-5-4-6-12-35)27-33-20-23-34(24-21-33)30(3)40(42)38-14-8-10-29(38)2;1-7-10(2)13(11(3)16)15-12(17)8-9-14(4,5)6;1-5-9(11)7-6-8(7)10(2,3)4;1-5-6(2)7(3)8(4)9;;;;/h4-6,11-12,15-18,20-21,23-24,30,36-38H,1-2,7-10,13-14,19,22,25-27H2,3H3;10,13H,7H2,1-6H3,(H,15,17);6H,5H2,1-4H3;6-7H,5H2,1-4H3;4*1H/t30?,36?,37-,38-;10-,13-;;6-,7-;;;;/m10.0..../s1. The lowest BCUT2D eigenvalue weighted by atomic mass is 9.84. The SMILES string of the molecule is C=C1CCC[C@H]1C(=O)CCc1ccc(CCC(Cc2ccc(C(C)C(=O)[C@@H]3CCCC3=C)cc2)c2ccccc2)cc1.CCC(=O)C1=C(C(C)(C)C)[CH]1.CC[C@H](C)[C@H](C)C(C)=O.CC[C@H](C)[C@H](NC(=O)C#CC(C)(C)C)C(C)=O.[HH].[HH].[HH].[HH]. The van der Waals surface area contributed by atoms with Gasteiger partial charge < -0.3 is 5.32 Å². The average molecular weight is 1080 g/mol. The van der Waals surface area contributed by atoms with Gasteiger partial charge in [0.15, 0.2) is 11.6 Å². The van der Waals surface area contributed by atoms with E-state index in [4.69, 9.17) is 0 Å². The molecule has 1 N–H and O–H groups in total. The molecular weight excluding hydrogens is 975 g/mol. The van der Waals surface area contributed by atoms with Crippen LogP contribution in [0.1, 0.15) is 220 Å². The number of ketones is 5. The summed E-state index contributed by atoms with van der Waals surface area (Å²) in [5.41, 5.74) is 10.8. The molecule has 0 aromatic heterocycles. The fraction of sp³-hybridized carbons (Fsp3) is 0.542. The Bertz CT molecular complexity index is 2630. The summed E-state index contributed by atoms with van der Waals surface area (Å²) in [5, 5.41) is 2.68. The van der Waals surface area contributed by atoms with Crippen molar-refractivity contribution >= 4 is 34.8 Å². The number of nitrogens with one attached hydrogen (secondary N) is 1. The molecule has 0 saturated heterocycles. The van der Waals surface area contributed by atoms with E-state index in [1.807, 2.05) is 61.8 Å². The first-order valence-electron chi connectivity index (χ1n) is 29.7. The lowest BCUT2D eigenvalue weighted by Crippen LogP contribution is -2.43. The van der Waals surface area contributed by atoms with Crippen molar-refractivity contribution in [3.05, 3.63) is 149 Å². The minimum atomic E-state index is -0.429. The molecule has 3 aliphatic carbocycles. The number of hydrogen-bond donors (Lipinski definition) is 1. The molecule has 6 rings (SSSR count). The first kappa shape index (κ1) is 67.5. The molecule has 1 radical (unpaired) electrons. The molecule has 7 nitrogen and oxygen atoms in total. The van der Waals surface area contributed by atoms with Gasteiger partial charge in [-0.05, 0) is 161 Å². The van der Waals surface area contributed by atoms with Crippen molar-refractivity contribution in [1.82, 2.24) is 5.32 Å². The number of allylic oxidation sites excluding steroid dienone is 4. The lowest BCUT2D eigenvalue weighted by molar-refractivity contribution is -0.125. The molecule has 437 valence electrons. The minimum Gasteiger partial charge on any atom is -0.335 e. The highest BCUT2D eigenvalue weighted by atomic mass is 16.2. The first-order chi connectivity index (χ1) is 37.1. The molecule has 79 heavy (non-hydrogen) atoms. The second kappa shape index (κ2) is 32.5. The van der Waals surface area contributed by atoms with Gasteiger partial charge in [0, 0.05) is 59.6 Å². The number of benzene rings is 3. The number of amides is 1. The van der Waals surface area contributed by atoms with Gasteiger partial charge in [0.05, 0.1) is 6.04 Å². The van der Waals surface area contributed by atoms with Crippen LogP contribution in [0.3, 0.4) is 0 Å². The van der Waals surface area contributed by atoms with E-state index in [9.17, 15) is 28.8 Å². The van der Waals surface area contributed by atoms with Crippen LogP contribution in [0.4, 0.5) is 0 Å². The molecule has 2 saturated carbocycles. The van der Waals surface area contributed by atoms with Gasteiger partial charge in [-0.2, -0.15) is 0 Å². The van der Waals surface area contributed by atoms with Crippen LogP contribution >= 0.6 is 0 Å². The van der Waals surface area contributed by atoms with Crippen LogP contribution in [0.2, 0.25) is 0 Å². The number of carbonyl (C=O) groups is 6. The van der Waals surface area contributed by atoms with Crippen molar-refractivity contribution in [3.63, 3.8) is 0 Å². The average Bonchev–Trinajstić information content (AvgIpc) is 3.97. The van der Waals surface area contributed by atoms with Crippen LogP contribution in [0, 0.1) is 58.7 Å². The Hall–Kier alpha value is -5.74. The van der Waals surface area contributed by atoms with Crippen molar-refractivity contribution in [2.24, 2.45) is 40.4 Å². The number of aryl methyl sites for hydroxylation is 2. The molecule has 2 fully saturated rings. The minimum absolute atomic E-state index is 0. The highest BCUT2D eigenvalue weighted by Crippen LogP contribution is 2.44. The molecule has 0 aliphatic heterocycles. The molecule has 3 aromatic rings. The molecule has 8 atom stereocenters. The Labute approximate surface area is 485 Å². The second-order valence-electron chi connectivity index (χ2n) is 24.9. The van der Waals surface area contributed by atoms with E-state index < -0.39 is 6.04 Å². The van der Waals surface area contributed by atoms with E-state index >= 15 is 0 Å². The van der Waals surface area contributed by atoms with E-state index in [0.29, 0.717) is 42.0 Å². The van der Waals surface area contributed by atoms with Gasteiger partial charge in [-0.3, -0.25) is 28.8 Å². The van der Waals surface area contributed by atoms with E-state index in [1.165, 1.54) is 34.8 Å². The van der Waals surface area contributed by atoms with Crippen molar-refractivity contribution in [3.8, 4) is 11.8 Å². The van der Waals surface area contributed by atoms with Gasteiger partial charge >= 0.3 is 0 Å². The lowest BCUT2D eigenvalue weighted by Gasteiger charge is -2.20. The molecule has 2 unspecified atom stereocenters. The van der Waals surface area contributed by atoms with Gasteiger partial charge in [0.2, 0.25) is 0 Å². The zero-order chi connectivity index (χ0) is 59.2. The van der Waals surface area contributed by atoms with Crippen LogP contribution in [-0.2, 0) is 48.0 Å². The van der Waals surface area contributed by atoms with E-state index in [0.717, 1.165) is 99.3 Å². The molecule has 0 bridgehead atoms. The Morgan fingerprint density at radius 1 is 0.671 bits per heavy atom. The third-order valence-electron chi connectivity index (χ3n) is 16.4. The Morgan fingerprint density at radius 3 is 1.65 bits per heavy atom. The molecule has 1 amide bonds. The number of Topliss-reactive ketones (excluding diaryl/α,β-unsaturated/α-hetero) is 5. The van der Waals surface area contributed by atoms with Crippen molar-refractivity contribution in [2.45, 2.75) is 212 Å². The third-order valence-corrected chi connectivity index (χ3v) is 16.4. The summed E-state index contributed by atoms with van der Waals surface area (Å²) < 4.78 is 0. The normalized spacial score (nSPS) is 18.0. The summed E-state index contributed by atoms with van der Waals surface area (Å²) in [5.74, 6) is 7.65. The maximum absolute atomic E-state index is 13.1. The second-order valence-corrected chi connectivity index (χ2v) is 24.9. The highest BCUT2D eigenvalue weighted by Gasteiger charge is 2.35. The van der Waals surface area contributed by atoms with E-state index in [1.54, 1.807) is 6.92 Å². The largest absolute Gasteiger partial charge is 0.335 e. The van der Waals surface area contributed by atoms with E-state index in [-0.39, 0.29) is 63.6 Å². The van der Waals surface area contributed by atoms with Crippen molar-refractivity contribution in [2.75, 3.05) is 0 Å². The maximum Gasteiger partial charge on any atom is 0.296 e. The summed E-state index contributed by atoms with van der Waals surface area (Å²) in [4.78, 5) is 70.6. The molecule has 3 aromatic carbocycles. The van der Waals surface area contributed by atoms with Crippen LogP contribution in [0.15, 0.2) is 114 Å². The van der Waals surface area contributed by atoms with Gasteiger partial charge in [-0.1, -0.05) is 191 Å². The molecule has 0 spiro atoms. The van der Waals surface area contributed by atoms with Crippen LogP contribution < -0.4 is 5.32 Å². The predicted molar refractivity (Wildman–Crippen MR) is 337 cm³/mol. The van der Waals surface area contributed by atoms with Gasteiger partial charge in [0.1, 0.15) is 17.3 Å². The summed E-state index contributed by atoms with van der Waals surface area (Å²) in [6, 6.07) is 28.0. The zero-order valence-corrected chi connectivity index (χ0v) is 51.5. The number of rotatable bonds is 22. The molecular formula is C72H108NO6. The topological polar surface area (TPSA) is 114 Å². The highest BCUT2D eigenvalue weighted by molar-refractivity contribution is 6.05. The molecule has 7 heteroatoms. The summed E-state index contributed by atoms with van der Waals surface area (Å²) in [7, 11) is 0. The number of hydrogen-bond acceptors (Lipinski definition) is 6. The summed E-state index contributed by atoms with van der Waals surface area (Å²) >= 11 is 0. The molecule has 0 heterocycles. The summed E-state index contributed by atoms with van der Waals surface area (Å²) in [6.07, 6.45) is 15.2. The van der Waals surface area contributed by atoms with Gasteiger partial charge in [-0.15, -0.1) is 0 Å². The van der Waals surface area contributed by atoms with Crippen molar-refractivity contribution < 1.29 is 34.5 Å². The zero-order valence-electron chi connectivity index (χ0n) is 51.5.